The molecule has 27 heavy (non-hydrogen) atoms. The molecule has 1 N–H and O–H groups in total. The van der Waals surface area contributed by atoms with Gasteiger partial charge in [-0.3, -0.25) is 9.89 Å². The van der Waals surface area contributed by atoms with Crippen LogP contribution in [0.15, 0.2) is 59.4 Å². The maximum Gasteiger partial charge on any atom is 0.274 e. The normalized spacial score (nSPS) is 13.3. The van der Waals surface area contributed by atoms with Crippen LogP contribution in [0.3, 0.4) is 0 Å². The molecule has 0 amide bonds. The van der Waals surface area contributed by atoms with Crippen molar-refractivity contribution in [3.8, 4) is 11.4 Å². The maximum absolute atomic E-state index is 12.5. The minimum absolute atomic E-state index is 0.171. The number of hydrogen-bond donors (Lipinski definition) is 1. The lowest BCUT2D eigenvalue weighted by Gasteiger charge is -2.18. The molecule has 2 aromatic heterocycles. The van der Waals surface area contributed by atoms with Crippen LogP contribution in [0.1, 0.15) is 11.3 Å². The van der Waals surface area contributed by atoms with E-state index < -0.39 is 0 Å². The fraction of sp³-hybridized carbons (Fsp3) is 0.150. The highest BCUT2D eigenvalue weighted by molar-refractivity contribution is 6.30. The van der Waals surface area contributed by atoms with Crippen LogP contribution >= 0.6 is 11.6 Å². The first-order valence-corrected chi connectivity index (χ1v) is 9.13. The number of hydrogen-bond acceptors (Lipinski definition) is 4. The van der Waals surface area contributed by atoms with Crippen LogP contribution < -0.4 is 10.5 Å². The number of fused-ring (bicyclic) bond motifs is 2. The average Bonchev–Trinajstić information content (AvgIpc) is 3.27. The Bertz CT molecular complexity index is 1200. The number of rotatable bonds is 3. The maximum atomic E-state index is 12.5. The molecule has 1 aliphatic rings. The number of H-pyrrole nitrogens is 1. The summed E-state index contributed by atoms with van der Waals surface area (Å²) in [5.74, 6) is 0.998. The van der Waals surface area contributed by atoms with Gasteiger partial charge in [0.15, 0.2) is 5.82 Å². The molecule has 1 aliphatic heterocycles. The van der Waals surface area contributed by atoms with Crippen molar-refractivity contribution < 1.29 is 0 Å². The molecule has 0 saturated heterocycles. The molecule has 7 heteroatoms. The second-order valence-electron chi connectivity index (χ2n) is 6.60. The molecule has 4 aromatic rings. The highest BCUT2D eigenvalue weighted by Gasteiger charge is 2.20. The summed E-state index contributed by atoms with van der Waals surface area (Å²) in [6, 6.07) is 17.2. The van der Waals surface area contributed by atoms with Crippen LogP contribution in [0.4, 0.5) is 5.69 Å². The molecule has 0 unspecified atom stereocenters. The number of aromatic nitrogens is 4. The van der Waals surface area contributed by atoms with Crippen LogP contribution in [0.2, 0.25) is 5.02 Å². The molecule has 0 radical (unpaired) electrons. The van der Waals surface area contributed by atoms with E-state index in [-0.39, 0.29) is 5.56 Å². The minimum atomic E-state index is -0.171. The smallest absolute Gasteiger partial charge is 0.274 e. The minimum Gasteiger partial charge on any atom is -0.365 e. The Labute approximate surface area is 160 Å². The van der Waals surface area contributed by atoms with E-state index in [0.29, 0.717) is 28.9 Å². The molecule has 0 aliphatic carbocycles. The molecule has 0 fully saturated rings. The standard InChI is InChI=1S/C20H16ClN5O/c21-15-7-6-13-8-9-25(17(13)10-15)12-16-11-18(27)26-20(22-16)23-19(24-26)14-4-2-1-3-5-14/h1-7,10-11H,8-9,12H2,(H,22,23,24). The van der Waals surface area contributed by atoms with Crippen molar-refractivity contribution in [1.82, 2.24) is 19.6 Å². The molecular weight excluding hydrogens is 362 g/mol. The summed E-state index contributed by atoms with van der Waals surface area (Å²) in [6.45, 7) is 1.43. The van der Waals surface area contributed by atoms with Crippen molar-refractivity contribution in [3.63, 3.8) is 0 Å². The van der Waals surface area contributed by atoms with E-state index in [1.54, 1.807) is 6.07 Å². The van der Waals surface area contributed by atoms with Crippen molar-refractivity contribution in [1.29, 1.82) is 0 Å². The highest BCUT2D eigenvalue weighted by Crippen LogP contribution is 2.31. The summed E-state index contributed by atoms with van der Waals surface area (Å²) in [7, 11) is 0. The van der Waals surface area contributed by atoms with E-state index in [4.69, 9.17) is 11.6 Å². The third-order valence-corrected chi connectivity index (χ3v) is 5.06. The SMILES string of the molecule is O=c1cc(CN2CCc3ccc(Cl)cc32)nc2nc(-c3ccccc3)[nH]n12. The van der Waals surface area contributed by atoms with E-state index in [1.807, 2.05) is 42.5 Å². The predicted octanol–water partition coefficient (Wildman–Crippen LogP) is 3.30. The molecular formula is C20H16ClN5O. The zero-order valence-corrected chi connectivity index (χ0v) is 15.1. The van der Waals surface area contributed by atoms with Gasteiger partial charge in [-0.15, -0.1) is 0 Å². The monoisotopic (exact) mass is 377 g/mol. The lowest BCUT2D eigenvalue weighted by atomic mass is 10.2. The van der Waals surface area contributed by atoms with Gasteiger partial charge in [-0.05, 0) is 24.1 Å². The van der Waals surface area contributed by atoms with Gasteiger partial charge < -0.3 is 4.90 Å². The topological polar surface area (TPSA) is 66.3 Å². The largest absolute Gasteiger partial charge is 0.365 e. The lowest BCUT2D eigenvalue weighted by molar-refractivity contribution is 0.798. The molecule has 3 heterocycles. The molecule has 2 aromatic carbocycles. The molecule has 6 nitrogen and oxygen atoms in total. The van der Waals surface area contributed by atoms with Crippen molar-refractivity contribution >= 4 is 23.1 Å². The van der Waals surface area contributed by atoms with Crippen LogP contribution in [0.25, 0.3) is 17.2 Å². The zero-order chi connectivity index (χ0) is 18.4. The Morgan fingerprint density at radius 2 is 1.93 bits per heavy atom. The molecule has 0 spiro atoms. The zero-order valence-electron chi connectivity index (χ0n) is 14.4. The number of aromatic amines is 1. The van der Waals surface area contributed by atoms with E-state index >= 15 is 0 Å². The number of nitrogens with zero attached hydrogens (tertiary/aromatic N) is 4. The van der Waals surface area contributed by atoms with Gasteiger partial charge in [0.1, 0.15) is 0 Å². The van der Waals surface area contributed by atoms with Gasteiger partial charge >= 0.3 is 0 Å². The van der Waals surface area contributed by atoms with Crippen LogP contribution in [-0.4, -0.2) is 26.1 Å². The van der Waals surface area contributed by atoms with Crippen molar-refractivity contribution in [2.75, 3.05) is 11.4 Å². The number of nitrogens with one attached hydrogen (secondary N) is 1. The van der Waals surface area contributed by atoms with Crippen molar-refractivity contribution in [2.45, 2.75) is 13.0 Å². The van der Waals surface area contributed by atoms with Gasteiger partial charge in [0.25, 0.3) is 11.3 Å². The highest BCUT2D eigenvalue weighted by atomic mass is 35.5. The van der Waals surface area contributed by atoms with Gasteiger partial charge in [0.05, 0.1) is 12.2 Å². The predicted molar refractivity (Wildman–Crippen MR) is 105 cm³/mol. The van der Waals surface area contributed by atoms with Crippen molar-refractivity contribution in [3.05, 3.63) is 81.2 Å². The van der Waals surface area contributed by atoms with Crippen molar-refractivity contribution in [2.24, 2.45) is 0 Å². The van der Waals surface area contributed by atoms with E-state index in [9.17, 15) is 4.79 Å². The lowest BCUT2D eigenvalue weighted by Crippen LogP contribution is -2.23. The fourth-order valence-corrected chi connectivity index (χ4v) is 3.68. The Balaban J connectivity index is 1.51. The second-order valence-corrected chi connectivity index (χ2v) is 7.04. The number of benzene rings is 2. The summed E-state index contributed by atoms with van der Waals surface area (Å²) in [4.78, 5) is 23.8. The molecule has 0 bridgehead atoms. The fourth-order valence-electron chi connectivity index (χ4n) is 3.51. The Hall–Kier alpha value is -3.12. The van der Waals surface area contributed by atoms with E-state index in [2.05, 4.69) is 26.0 Å². The number of halogens is 1. The quantitative estimate of drug-likeness (QED) is 0.595. The van der Waals surface area contributed by atoms with Gasteiger partial charge in [-0.2, -0.15) is 9.50 Å². The molecule has 5 rings (SSSR count). The third-order valence-electron chi connectivity index (χ3n) is 4.82. The first-order chi connectivity index (χ1) is 13.2. The van der Waals surface area contributed by atoms with Gasteiger partial charge in [0.2, 0.25) is 0 Å². The Morgan fingerprint density at radius 3 is 2.78 bits per heavy atom. The van der Waals surface area contributed by atoms with Crippen LogP contribution in [0.5, 0.6) is 0 Å². The van der Waals surface area contributed by atoms with Gasteiger partial charge in [-0.1, -0.05) is 48.0 Å². The first-order valence-electron chi connectivity index (χ1n) is 8.75. The van der Waals surface area contributed by atoms with E-state index in [1.165, 1.54) is 10.1 Å². The summed E-state index contributed by atoms with van der Waals surface area (Å²) in [6.07, 6.45) is 0.967. The average molecular weight is 378 g/mol. The summed E-state index contributed by atoms with van der Waals surface area (Å²) in [5.41, 5.74) is 3.81. The Morgan fingerprint density at radius 1 is 1.07 bits per heavy atom. The van der Waals surface area contributed by atoms with Gasteiger partial charge in [0, 0.05) is 28.9 Å². The molecule has 0 atom stereocenters. The Kier molecular flexibility index (Phi) is 3.72. The first kappa shape index (κ1) is 16.1. The summed E-state index contributed by atoms with van der Waals surface area (Å²) < 4.78 is 1.38. The third kappa shape index (κ3) is 2.88. The summed E-state index contributed by atoms with van der Waals surface area (Å²) >= 11 is 6.15. The van der Waals surface area contributed by atoms with Crippen LogP contribution in [0, 0.1) is 0 Å². The van der Waals surface area contributed by atoms with E-state index in [0.717, 1.165) is 24.2 Å². The second kappa shape index (κ2) is 6.25. The molecule has 134 valence electrons. The van der Waals surface area contributed by atoms with Gasteiger partial charge in [-0.25, -0.2) is 4.98 Å². The number of anilines is 1. The molecule has 0 saturated carbocycles. The summed E-state index contributed by atoms with van der Waals surface area (Å²) in [5, 5.41) is 3.74. The van der Waals surface area contributed by atoms with Crippen LogP contribution in [-0.2, 0) is 13.0 Å².